The van der Waals surface area contributed by atoms with Gasteiger partial charge in [-0.05, 0) is 67.3 Å². The number of carbonyl (C=O) groups excluding carboxylic acids is 2. The number of nitrogens with one attached hydrogen (secondary N) is 1. The largest absolute Gasteiger partial charge is 0.493 e. The summed E-state index contributed by atoms with van der Waals surface area (Å²) in [6.07, 6.45) is 6.36. The van der Waals surface area contributed by atoms with Gasteiger partial charge in [-0.3, -0.25) is 9.59 Å². The average Bonchev–Trinajstić information content (AvgIpc) is 2.89. The first kappa shape index (κ1) is 23.5. The second-order valence-electron chi connectivity index (χ2n) is 9.84. The van der Waals surface area contributed by atoms with Crippen molar-refractivity contribution in [2.45, 2.75) is 38.1 Å². The number of hydrogen-bond donors (Lipinski definition) is 1. The molecule has 35 heavy (non-hydrogen) atoms. The number of hydrogen-bond acceptors (Lipinski definition) is 6. The van der Waals surface area contributed by atoms with Gasteiger partial charge in [0.05, 0.1) is 19.8 Å². The van der Waals surface area contributed by atoms with E-state index < -0.39 is 0 Å². The quantitative estimate of drug-likeness (QED) is 0.659. The van der Waals surface area contributed by atoms with Gasteiger partial charge in [0.2, 0.25) is 5.91 Å². The van der Waals surface area contributed by atoms with E-state index in [1.807, 2.05) is 30.3 Å². The summed E-state index contributed by atoms with van der Waals surface area (Å²) in [6, 6.07) is 9.80. The molecule has 1 aromatic heterocycles. The zero-order valence-electron chi connectivity index (χ0n) is 20.5. The van der Waals surface area contributed by atoms with Crippen LogP contribution >= 0.6 is 0 Å². The van der Waals surface area contributed by atoms with Crippen molar-refractivity contribution in [3.8, 4) is 11.5 Å². The molecule has 2 bridgehead atoms. The molecule has 4 heterocycles. The highest BCUT2D eigenvalue weighted by Gasteiger charge is 2.44. The summed E-state index contributed by atoms with van der Waals surface area (Å²) < 4.78 is 10.7. The molecule has 3 atom stereocenters. The van der Waals surface area contributed by atoms with Crippen LogP contribution in [0.15, 0.2) is 36.5 Å². The lowest BCUT2D eigenvalue weighted by Gasteiger charge is -2.52. The van der Waals surface area contributed by atoms with Gasteiger partial charge in [0.1, 0.15) is 5.82 Å². The molecule has 0 unspecified atom stereocenters. The average molecular weight is 479 g/mol. The fourth-order valence-corrected chi connectivity index (χ4v) is 6.06. The Labute approximate surface area is 206 Å². The Kier molecular flexibility index (Phi) is 6.79. The maximum absolute atomic E-state index is 13.2. The fourth-order valence-electron chi connectivity index (χ4n) is 6.06. The Morgan fingerprint density at radius 2 is 2.00 bits per heavy atom. The third-order valence-electron chi connectivity index (χ3n) is 7.66. The van der Waals surface area contributed by atoms with Crippen molar-refractivity contribution in [3.63, 3.8) is 0 Å². The number of fused-ring (bicyclic) bond motifs is 4. The highest BCUT2D eigenvalue weighted by atomic mass is 16.5. The number of carbonyl (C=O) groups is 2. The topological polar surface area (TPSA) is 84.0 Å². The summed E-state index contributed by atoms with van der Waals surface area (Å²) in [5.41, 5.74) is 1.67. The van der Waals surface area contributed by atoms with Crippen molar-refractivity contribution in [1.82, 2.24) is 15.2 Å². The first-order valence-corrected chi connectivity index (χ1v) is 12.6. The first-order chi connectivity index (χ1) is 17.1. The normalized spacial score (nSPS) is 23.5. The van der Waals surface area contributed by atoms with Crippen LogP contribution in [0.25, 0.3) is 0 Å². The summed E-state index contributed by atoms with van der Waals surface area (Å²) >= 11 is 0. The van der Waals surface area contributed by atoms with Crippen LogP contribution in [0.3, 0.4) is 0 Å². The van der Waals surface area contributed by atoms with E-state index in [9.17, 15) is 9.59 Å². The van der Waals surface area contributed by atoms with Crippen LogP contribution in [0.2, 0.25) is 0 Å². The molecule has 5 rings (SSSR count). The number of ether oxygens (including phenoxy) is 2. The van der Waals surface area contributed by atoms with E-state index in [0.717, 1.165) is 50.3 Å². The standard InChI is InChI=1S/C27H34N4O4/c1-34-23-9-8-18(14-24(23)35-2)10-12-29-27(33)21-5-4-11-28-26(21)30-15-19-13-20(17-30)22-6-3-7-25(32)31(22)16-19/h4-5,8-9,11,14,19-20,22H,3,6-7,10,12-13,15-17H2,1-2H3,(H,29,33)/t19-,20-,22-/m1/s1. The summed E-state index contributed by atoms with van der Waals surface area (Å²) in [7, 11) is 3.23. The van der Waals surface area contributed by atoms with Crippen molar-refractivity contribution in [1.29, 1.82) is 0 Å². The second-order valence-corrected chi connectivity index (χ2v) is 9.84. The molecule has 2 amide bonds. The number of piperidine rings is 3. The van der Waals surface area contributed by atoms with E-state index in [2.05, 4.69) is 20.1 Å². The van der Waals surface area contributed by atoms with Crippen LogP contribution in [-0.4, -0.2) is 68.1 Å². The van der Waals surface area contributed by atoms with Crippen molar-refractivity contribution >= 4 is 17.6 Å². The minimum absolute atomic E-state index is 0.112. The molecule has 0 saturated carbocycles. The van der Waals surface area contributed by atoms with Gasteiger partial charge in [0.15, 0.2) is 11.5 Å². The SMILES string of the molecule is COc1ccc(CCNC(=O)c2cccnc2N2C[C@H]3C[C@H](C2)[C@H]2CCCC(=O)N2C3)cc1OC. The van der Waals surface area contributed by atoms with Crippen LogP contribution in [0, 0.1) is 11.8 Å². The van der Waals surface area contributed by atoms with Crippen LogP contribution < -0.4 is 19.7 Å². The predicted octanol–water partition coefficient (Wildman–Crippen LogP) is 2.91. The second kappa shape index (κ2) is 10.1. The molecule has 8 nitrogen and oxygen atoms in total. The molecule has 8 heteroatoms. The van der Waals surface area contributed by atoms with E-state index in [4.69, 9.17) is 9.47 Å². The number of amides is 2. The Morgan fingerprint density at radius 1 is 1.14 bits per heavy atom. The Hall–Kier alpha value is -3.29. The molecule has 3 fully saturated rings. The minimum Gasteiger partial charge on any atom is -0.493 e. The molecular formula is C27H34N4O4. The monoisotopic (exact) mass is 478 g/mol. The minimum atomic E-state index is -0.112. The summed E-state index contributed by atoms with van der Waals surface area (Å²) in [5, 5.41) is 3.06. The lowest BCUT2D eigenvalue weighted by atomic mass is 9.76. The summed E-state index contributed by atoms with van der Waals surface area (Å²) in [6.45, 7) is 3.01. The van der Waals surface area contributed by atoms with Crippen LogP contribution in [0.5, 0.6) is 11.5 Å². The van der Waals surface area contributed by atoms with Gasteiger partial charge in [0, 0.05) is 44.8 Å². The molecule has 1 N–H and O–H groups in total. The number of pyridine rings is 1. The number of aromatic nitrogens is 1. The molecule has 3 aliphatic rings. The highest BCUT2D eigenvalue weighted by molar-refractivity contribution is 5.98. The molecule has 2 aromatic rings. The third kappa shape index (κ3) is 4.79. The zero-order chi connectivity index (χ0) is 24.4. The van der Waals surface area contributed by atoms with E-state index in [1.165, 1.54) is 0 Å². The van der Waals surface area contributed by atoms with Crippen molar-refractivity contribution in [2.75, 3.05) is 45.3 Å². The molecule has 3 aliphatic heterocycles. The Morgan fingerprint density at radius 3 is 2.83 bits per heavy atom. The highest BCUT2D eigenvalue weighted by Crippen LogP contribution is 2.39. The molecule has 0 spiro atoms. The molecule has 186 valence electrons. The lowest BCUT2D eigenvalue weighted by molar-refractivity contribution is -0.142. The Bertz CT molecular complexity index is 1090. The molecular weight excluding hydrogens is 444 g/mol. The van der Waals surface area contributed by atoms with Gasteiger partial charge < -0.3 is 24.6 Å². The number of benzene rings is 1. The molecule has 0 radical (unpaired) electrons. The van der Waals surface area contributed by atoms with Gasteiger partial charge in [-0.1, -0.05) is 6.07 Å². The first-order valence-electron chi connectivity index (χ1n) is 12.6. The maximum atomic E-state index is 13.2. The molecule has 0 aliphatic carbocycles. The van der Waals surface area contributed by atoms with Crippen molar-refractivity contribution in [2.24, 2.45) is 11.8 Å². The van der Waals surface area contributed by atoms with Crippen LogP contribution in [0.4, 0.5) is 5.82 Å². The third-order valence-corrected chi connectivity index (χ3v) is 7.66. The number of methoxy groups -OCH3 is 2. The van der Waals surface area contributed by atoms with Crippen molar-refractivity contribution < 1.29 is 19.1 Å². The van der Waals surface area contributed by atoms with E-state index >= 15 is 0 Å². The summed E-state index contributed by atoms with van der Waals surface area (Å²) in [4.78, 5) is 34.7. The fraction of sp³-hybridized carbons (Fsp3) is 0.519. The van der Waals surface area contributed by atoms with Gasteiger partial charge in [0.25, 0.3) is 5.91 Å². The Balaban J connectivity index is 1.25. The maximum Gasteiger partial charge on any atom is 0.255 e. The number of nitrogens with zero attached hydrogens (tertiary/aromatic N) is 3. The van der Waals surface area contributed by atoms with Gasteiger partial charge in [-0.2, -0.15) is 0 Å². The zero-order valence-corrected chi connectivity index (χ0v) is 20.5. The van der Waals surface area contributed by atoms with Gasteiger partial charge in [-0.25, -0.2) is 4.98 Å². The smallest absolute Gasteiger partial charge is 0.255 e. The molecule has 3 saturated heterocycles. The summed E-state index contributed by atoms with van der Waals surface area (Å²) in [5.74, 6) is 3.19. The van der Waals surface area contributed by atoms with Crippen LogP contribution in [0.1, 0.15) is 41.6 Å². The van der Waals surface area contributed by atoms with E-state index in [0.29, 0.717) is 60.2 Å². The van der Waals surface area contributed by atoms with Gasteiger partial charge in [-0.15, -0.1) is 0 Å². The predicted molar refractivity (Wildman–Crippen MR) is 133 cm³/mol. The lowest BCUT2D eigenvalue weighted by Crippen LogP contribution is -2.60. The van der Waals surface area contributed by atoms with Crippen LogP contribution in [-0.2, 0) is 11.2 Å². The van der Waals surface area contributed by atoms with Crippen molar-refractivity contribution in [3.05, 3.63) is 47.7 Å². The molecule has 1 aromatic carbocycles. The number of rotatable bonds is 7. The number of anilines is 1. The van der Waals surface area contributed by atoms with E-state index in [1.54, 1.807) is 20.4 Å². The van der Waals surface area contributed by atoms with E-state index in [-0.39, 0.29) is 5.91 Å². The van der Waals surface area contributed by atoms with Gasteiger partial charge >= 0.3 is 0 Å².